The molecule has 15 heavy (non-hydrogen) atoms. The van der Waals surface area contributed by atoms with Crippen LogP contribution < -0.4 is 0 Å². The first-order valence-electron chi connectivity index (χ1n) is 4.64. The summed E-state index contributed by atoms with van der Waals surface area (Å²) in [6, 6.07) is 0. The normalized spacial score (nSPS) is 11.5. The number of imidazole rings is 1. The lowest BCUT2D eigenvalue weighted by atomic mass is 10.1. The summed E-state index contributed by atoms with van der Waals surface area (Å²) in [7, 11) is 0. The number of rotatable bonds is 2. The Morgan fingerprint density at radius 2 is 1.80 bits per heavy atom. The van der Waals surface area contributed by atoms with E-state index in [2.05, 4.69) is 33.8 Å². The first kappa shape index (κ1) is 10.6. The Morgan fingerprint density at radius 3 is 2.47 bits per heavy atom. The number of fused-ring (bicyclic) bond motifs is 1. The molecular weight excluding hydrogens is 235 g/mol. The van der Waals surface area contributed by atoms with E-state index < -0.39 is 0 Å². The van der Waals surface area contributed by atoms with Crippen molar-refractivity contribution in [2.24, 2.45) is 5.92 Å². The number of nitrogens with zero attached hydrogens (tertiary/aromatic N) is 3. The second-order valence-electron chi connectivity index (χ2n) is 3.76. The fourth-order valence-electron chi connectivity index (χ4n) is 1.32. The lowest BCUT2D eigenvalue weighted by Gasteiger charge is -1.98. The Bertz CT molecular complexity index is 453. The first-order valence-corrected chi connectivity index (χ1v) is 5.39. The Labute approximate surface area is 97.0 Å². The Kier molecular flexibility index (Phi) is 2.80. The molecule has 0 aromatic carbocycles. The number of hydrogen-bond donors (Lipinski definition) is 1. The summed E-state index contributed by atoms with van der Waals surface area (Å²) < 4.78 is 0. The fourth-order valence-corrected chi connectivity index (χ4v) is 1.57. The van der Waals surface area contributed by atoms with Crippen LogP contribution in [0.25, 0.3) is 11.3 Å². The zero-order valence-corrected chi connectivity index (χ0v) is 9.89. The summed E-state index contributed by atoms with van der Waals surface area (Å²) in [5.41, 5.74) is 1.10. The SMILES string of the molecule is CC(C)Cc1nc2nc(Cl)c(Cl)nc2[nH]1. The highest BCUT2D eigenvalue weighted by molar-refractivity contribution is 6.40. The van der Waals surface area contributed by atoms with Crippen molar-refractivity contribution in [3.63, 3.8) is 0 Å². The lowest BCUT2D eigenvalue weighted by molar-refractivity contribution is 0.627. The standard InChI is InChI=1S/C9H10Cl2N4/c1-4(2)3-5-12-8-9(13-5)15-7(11)6(10)14-8/h4H,3H2,1-2H3,(H,12,13,14,15). The molecule has 80 valence electrons. The lowest BCUT2D eigenvalue weighted by Crippen LogP contribution is -1.95. The molecule has 0 saturated carbocycles. The van der Waals surface area contributed by atoms with E-state index in [0.717, 1.165) is 12.2 Å². The molecule has 6 heteroatoms. The molecule has 2 rings (SSSR count). The monoisotopic (exact) mass is 244 g/mol. The van der Waals surface area contributed by atoms with Crippen LogP contribution in [-0.4, -0.2) is 19.9 Å². The highest BCUT2D eigenvalue weighted by Gasteiger charge is 2.10. The fraction of sp³-hybridized carbons (Fsp3) is 0.444. The second-order valence-corrected chi connectivity index (χ2v) is 4.47. The summed E-state index contributed by atoms with van der Waals surface area (Å²) in [5, 5.41) is 0.385. The topological polar surface area (TPSA) is 54.5 Å². The van der Waals surface area contributed by atoms with Crippen LogP contribution in [0.1, 0.15) is 19.7 Å². The molecule has 2 aromatic heterocycles. The average Bonchev–Trinajstić information content (AvgIpc) is 2.46. The third-order valence-corrected chi connectivity index (χ3v) is 2.52. The van der Waals surface area contributed by atoms with Gasteiger partial charge in [-0.2, -0.15) is 0 Å². The van der Waals surface area contributed by atoms with Crippen molar-refractivity contribution >= 4 is 34.5 Å². The third kappa shape index (κ3) is 2.21. The molecule has 0 aliphatic carbocycles. The molecule has 2 aromatic rings. The van der Waals surface area contributed by atoms with Gasteiger partial charge in [-0.15, -0.1) is 0 Å². The summed E-state index contributed by atoms with van der Waals surface area (Å²) in [4.78, 5) is 15.4. The van der Waals surface area contributed by atoms with Crippen LogP contribution in [0.5, 0.6) is 0 Å². The van der Waals surface area contributed by atoms with Crippen molar-refractivity contribution in [3.05, 3.63) is 16.1 Å². The van der Waals surface area contributed by atoms with Gasteiger partial charge in [0.15, 0.2) is 21.6 Å². The molecule has 4 nitrogen and oxygen atoms in total. The molecule has 1 N–H and O–H groups in total. The number of nitrogens with one attached hydrogen (secondary N) is 1. The van der Waals surface area contributed by atoms with Gasteiger partial charge < -0.3 is 4.98 Å². The molecule has 2 heterocycles. The van der Waals surface area contributed by atoms with E-state index in [1.807, 2.05) is 0 Å². The summed E-state index contributed by atoms with van der Waals surface area (Å²) in [5.74, 6) is 1.38. The van der Waals surface area contributed by atoms with E-state index >= 15 is 0 Å². The van der Waals surface area contributed by atoms with Crippen LogP contribution in [0, 0.1) is 5.92 Å². The molecule has 0 amide bonds. The summed E-state index contributed by atoms with van der Waals surface area (Å²) in [6.45, 7) is 4.24. The molecule has 0 fully saturated rings. The Hall–Kier alpha value is -0.870. The third-order valence-electron chi connectivity index (χ3n) is 1.90. The van der Waals surface area contributed by atoms with Crippen molar-refractivity contribution in [1.29, 1.82) is 0 Å². The first-order chi connectivity index (χ1) is 7.06. The minimum absolute atomic E-state index is 0.187. The van der Waals surface area contributed by atoms with Gasteiger partial charge in [0, 0.05) is 6.42 Å². The molecule has 0 radical (unpaired) electrons. The van der Waals surface area contributed by atoms with Crippen LogP contribution in [0.15, 0.2) is 0 Å². The number of hydrogen-bond acceptors (Lipinski definition) is 3. The number of aromatic amines is 1. The van der Waals surface area contributed by atoms with Crippen LogP contribution >= 0.6 is 23.2 Å². The van der Waals surface area contributed by atoms with Gasteiger partial charge in [-0.3, -0.25) is 0 Å². The maximum Gasteiger partial charge on any atom is 0.199 e. The molecule has 0 bridgehead atoms. The Morgan fingerprint density at radius 1 is 1.13 bits per heavy atom. The van der Waals surface area contributed by atoms with E-state index in [-0.39, 0.29) is 10.3 Å². The maximum atomic E-state index is 5.75. The van der Waals surface area contributed by atoms with Crippen molar-refractivity contribution < 1.29 is 0 Å². The van der Waals surface area contributed by atoms with Crippen LogP contribution in [0.3, 0.4) is 0 Å². The van der Waals surface area contributed by atoms with Crippen LogP contribution in [0.2, 0.25) is 10.3 Å². The molecule has 0 unspecified atom stereocenters. The van der Waals surface area contributed by atoms with Gasteiger partial charge >= 0.3 is 0 Å². The van der Waals surface area contributed by atoms with Gasteiger partial charge in [-0.1, -0.05) is 37.0 Å². The molecule has 0 aliphatic rings. The van der Waals surface area contributed by atoms with Crippen molar-refractivity contribution in [1.82, 2.24) is 19.9 Å². The minimum Gasteiger partial charge on any atom is -0.325 e. The van der Waals surface area contributed by atoms with Crippen molar-refractivity contribution in [3.8, 4) is 0 Å². The number of H-pyrrole nitrogens is 1. The van der Waals surface area contributed by atoms with Gasteiger partial charge in [-0.25, -0.2) is 15.0 Å². The molecule has 0 saturated heterocycles. The van der Waals surface area contributed by atoms with Crippen LogP contribution in [0.4, 0.5) is 0 Å². The number of aromatic nitrogens is 4. The largest absolute Gasteiger partial charge is 0.325 e. The summed E-state index contributed by atoms with van der Waals surface area (Å²) in [6.07, 6.45) is 0.854. The van der Waals surface area contributed by atoms with E-state index in [0.29, 0.717) is 17.2 Å². The highest BCUT2D eigenvalue weighted by Crippen LogP contribution is 2.20. The van der Waals surface area contributed by atoms with Crippen LogP contribution in [-0.2, 0) is 6.42 Å². The molecule has 0 atom stereocenters. The predicted octanol–water partition coefficient (Wildman–Crippen LogP) is 2.86. The van der Waals surface area contributed by atoms with Crippen molar-refractivity contribution in [2.45, 2.75) is 20.3 Å². The van der Waals surface area contributed by atoms with Gasteiger partial charge in [-0.05, 0) is 5.92 Å². The zero-order chi connectivity index (χ0) is 11.0. The highest BCUT2D eigenvalue weighted by atomic mass is 35.5. The minimum atomic E-state index is 0.187. The predicted molar refractivity (Wildman–Crippen MR) is 60.2 cm³/mol. The van der Waals surface area contributed by atoms with E-state index in [1.165, 1.54) is 0 Å². The zero-order valence-electron chi connectivity index (χ0n) is 8.38. The molecule has 0 spiro atoms. The number of halogens is 2. The van der Waals surface area contributed by atoms with E-state index in [1.54, 1.807) is 0 Å². The molecule has 0 aliphatic heterocycles. The Balaban J connectivity index is 2.47. The smallest absolute Gasteiger partial charge is 0.199 e. The molecular formula is C9H10Cl2N4. The van der Waals surface area contributed by atoms with Gasteiger partial charge in [0.2, 0.25) is 0 Å². The quantitative estimate of drug-likeness (QED) is 0.884. The maximum absolute atomic E-state index is 5.75. The average molecular weight is 245 g/mol. The second kappa shape index (κ2) is 3.94. The van der Waals surface area contributed by atoms with Gasteiger partial charge in [0.1, 0.15) is 5.82 Å². The van der Waals surface area contributed by atoms with Gasteiger partial charge in [0.05, 0.1) is 0 Å². The van der Waals surface area contributed by atoms with E-state index in [4.69, 9.17) is 23.2 Å². The van der Waals surface area contributed by atoms with E-state index in [9.17, 15) is 0 Å². The van der Waals surface area contributed by atoms with Gasteiger partial charge in [0.25, 0.3) is 0 Å². The van der Waals surface area contributed by atoms with Crippen molar-refractivity contribution in [2.75, 3.05) is 0 Å². The summed E-state index contributed by atoms with van der Waals surface area (Å²) >= 11 is 11.5.